The van der Waals surface area contributed by atoms with E-state index in [1.165, 1.54) is 0 Å². The Hall–Kier alpha value is -1.71. The van der Waals surface area contributed by atoms with Crippen LogP contribution in [0.3, 0.4) is 0 Å². The van der Waals surface area contributed by atoms with Gasteiger partial charge in [-0.25, -0.2) is 4.99 Å². The van der Waals surface area contributed by atoms with Gasteiger partial charge in [0.2, 0.25) is 5.91 Å². The van der Waals surface area contributed by atoms with Gasteiger partial charge >= 0.3 is 0 Å². The number of halogens is 1. The summed E-state index contributed by atoms with van der Waals surface area (Å²) in [5, 5.41) is 3.35. The summed E-state index contributed by atoms with van der Waals surface area (Å²) >= 11 is 0. The maximum Gasteiger partial charge on any atom is 0.243 e. The number of likely N-dealkylation sites (N-methyl/N-ethyl adjacent to an activating group) is 1. The van der Waals surface area contributed by atoms with E-state index in [4.69, 9.17) is 9.47 Å². The van der Waals surface area contributed by atoms with E-state index in [1.54, 1.807) is 33.2 Å². The molecule has 1 aromatic rings. The summed E-state index contributed by atoms with van der Waals surface area (Å²) < 4.78 is 10.8. The van der Waals surface area contributed by atoms with Crippen molar-refractivity contribution in [3.8, 4) is 11.5 Å². The summed E-state index contributed by atoms with van der Waals surface area (Å²) in [7, 11) is 8.70. The molecule has 28 heavy (non-hydrogen) atoms. The molecule has 1 amide bonds. The van der Waals surface area contributed by atoms with Crippen LogP contribution in [0.1, 0.15) is 30.9 Å². The van der Waals surface area contributed by atoms with Gasteiger partial charge in [0.15, 0.2) is 17.5 Å². The number of benzene rings is 1. The van der Waals surface area contributed by atoms with E-state index in [-0.39, 0.29) is 36.4 Å². The quantitative estimate of drug-likeness (QED) is 0.242. The number of nitrogens with one attached hydrogen (secondary N) is 1. The zero-order valence-corrected chi connectivity index (χ0v) is 20.5. The zero-order valence-electron chi connectivity index (χ0n) is 18.2. The van der Waals surface area contributed by atoms with Crippen molar-refractivity contribution in [3.63, 3.8) is 0 Å². The lowest BCUT2D eigenvalue weighted by Crippen LogP contribution is -2.40. The first kappa shape index (κ1) is 26.3. The number of nitrogens with zero attached hydrogens (tertiary/aromatic N) is 3. The number of aliphatic imine (C=N–C) groups is 1. The molecule has 8 heteroatoms. The van der Waals surface area contributed by atoms with E-state index >= 15 is 0 Å². The topological polar surface area (TPSA) is 66.4 Å². The van der Waals surface area contributed by atoms with Gasteiger partial charge in [-0.05, 0) is 36.6 Å². The molecule has 0 fully saturated rings. The van der Waals surface area contributed by atoms with Crippen LogP contribution in [-0.2, 0) is 11.3 Å². The molecule has 0 spiro atoms. The fourth-order valence-electron chi connectivity index (χ4n) is 2.50. The number of hydrogen-bond acceptors (Lipinski definition) is 4. The van der Waals surface area contributed by atoms with Crippen molar-refractivity contribution in [2.45, 2.75) is 33.2 Å². The fraction of sp³-hybridized carbons (Fsp3) is 0.600. The SMILES string of the molecule is CCCCNC(=NCC(=O)N(C)C)N(C)Cc1cc(OC)c(OC)cc1C.I. The average Bonchev–Trinajstić information content (AvgIpc) is 2.65. The molecule has 1 rings (SSSR count). The Morgan fingerprint density at radius 1 is 1.14 bits per heavy atom. The maximum atomic E-state index is 11.9. The molecule has 0 radical (unpaired) electrons. The number of carbonyl (C=O) groups is 1. The summed E-state index contributed by atoms with van der Waals surface area (Å²) in [6.07, 6.45) is 2.14. The van der Waals surface area contributed by atoms with Crippen molar-refractivity contribution in [1.82, 2.24) is 15.1 Å². The fourth-order valence-corrected chi connectivity index (χ4v) is 2.50. The Kier molecular flexibility index (Phi) is 12.6. The van der Waals surface area contributed by atoms with Crippen molar-refractivity contribution in [1.29, 1.82) is 0 Å². The minimum absolute atomic E-state index is 0. The first-order chi connectivity index (χ1) is 12.8. The Balaban J connectivity index is 0.00000729. The predicted molar refractivity (Wildman–Crippen MR) is 125 cm³/mol. The van der Waals surface area contributed by atoms with Gasteiger partial charge in [0.25, 0.3) is 0 Å². The molecule has 0 unspecified atom stereocenters. The van der Waals surface area contributed by atoms with E-state index in [2.05, 4.69) is 17.2 Å². The van der Waals surface area contributed by atoms with Crippen LogP contribution in [0.5, 0.6) is 11.5 Å². The monoisotopic (exact) mass is 506 g/mol. The van der Waals surface area contributed by atoms with Gasteiger partial charge in [0.05, 0.1) is 14.2 Å². The third-order valence-electron chi connectivity index (χ3n) is 4.29. The summed E-state index contributed by atoms with van der Waals surface area (Å²) in [6, 6.07) is 3.96. The van der Waals surface area contributed by atoms with Crippen molar-refractivity contribution < 1.29 is 14.3 Å². The van der Waals surface area contributed by atoms with Crippen molar-refractivity contribution in [3.05, 3.63) is 23.3 Å². The molecule has 1 N–H and O–H groups in total. The lowest BCUT2D eigenvalue weighted by Gasteiger charge is -2.24. The molecular formula is C20H35IN4O3. The summed E-state index contributed by atoms with van der Waals surface area (Å²) in [6.45, 7) is 5.77. The molecule has 0 bridgehead atoms. The molecule has 0 atom stereocenters. The number of hydrogen-bond donors (Lipinski definition) is 1. The third-order valence-corrected chi connectivity index (χ3v) is 4.29. The molecule has 0 aromatic heterocycles. The molecule has 0 aliphatic carbocycles. The smallest absolute Gasteiger partial charge is 0.243 e. The minimum atomic E-state index is -0.0273. The third kappa shape index (κ3) is 8.12. The van der Waals surface area contributed by atoms with Crippen molar-refractivity contribution in [2.75, 3.05) is 48.5 Å². The highest BCUT2D eigenvalue weighted by molar-refractivity contribution is 14.0. The first-order valence-corrected chi connectivity index (χ1v) is 9.25. The lowest BCUT2D eigenvalue weighted by atomic mass is 10.1. The van der Waals surface area contributed by atoms with Crippen LogP contribution in [0.2, 0.25) is 0 Å². The highest BCUT2D eigenvalue weighted by Crippen LogP contribution is 2.30. The van der Waals surface area contributed by atoms with Crippen LogP contribution in [0.15, 0.2) is 17.1 Å². The number of guanidine groups is 1. The molecule has 0 aliphatic rings. The van der Waals surface area contributed by atoms with Crippen molar-refractivity contribution >= 4 is 35.8 Å². The summed E-state index contributed by atoms with van der Waals surface area (Å²) in [5.41, 5.74) is 2.22. The van der Waals surface area contributed by atoms with Crippen LogP contribution in [0.25, 0.3) is 0 Å². The lowest BCUT2D eigenvalue weighted by molar-refractivity contribution is -0.127. The van der Waals surface area contributed by atoms with Crippen LogP contribution in [0.4, 0.5) is 0 Å². The molecule has 0 saturated heterocycles. The molecular weight excluding hydrogens is 471 g/mol. The van der Waals surface area contributed by atoms with Crippen LogP contribution >= 0.6 is 24.0 Å². The van der Waals surface area contributed by atoms with Gasteiger partial charge in [-0.1, -0.05) is 13.3 Å². The van der Waals surface area contributed by atoms with Gasteiger partial charge in [0, 0.05) is 34.2 Å². The van der Waals surface area contributed by atoms with E-state index in [0.717, 1.165) is 30.5 Å². The molecule has 160 valence electrons. The first-order valence-electron chi connectivity index (χ1n) is 9.25. The molecule has 1 aromatic carbocycles. The minimum Gasteiger partial charge on any atom is -0.493 e. The van der Waals surface area contributed by atoms with Gasteiger partial charge in [-0.15, -0.1) is 24.0 Å². The Labute approximate surface area is 186 Å². The molecule has 0 aliphatic heterocycles. The number of amides is 1. The normalized spacial score (nSPS) is 10.8. The highest BCUT2D eigenvalue weighted by Gasteiger charge is 2.13. The Morgan fingerprint density at radius 2 is 1.75 bits per heavy atom. The number of methoxy groups -OCH3 is 2. The highest BCUT2D eigenvalue weighted by atomic mass is 127. The standard InChI is InChI=1S/C20H34N4O3.HI/c1-8-9-10-21-20(22-13-19(25)23(3)4)24(5)14-16-12-18(27-7)17(26-6)11-15(16)2;/h11-12H,8-10,13-14H2,1-7H3,(H,21,22);1H. The van der Waals surface area contributed by atoms with Gasteiger partial charge < -0.3 is 24.6 Å². The second kappa shape index (κ2) is 13.5. The van der Waals surface area contributed by atoms with E-state index in [9.17, 15) is 4.79 Å². The van der Waals surface area contributed by atoms with E-state index in [1.807, 2.05) is 31.0 Å². The number of rotatable bonds is 9. The number of carbonyl (C=O) groups excluding carboxylic acids is 1. The molecule has 7 nitrogen and oxygen atoms in total. The maximum absolute atomic E-state index is 11.9. The van der Waals surface area contributed by atoms with E-state index < -0.39 is 0 Å². The largest absolute Gasteiger partial charge is 0.493 e. The number of unbranched alkanes of at least 4 members (excludes halogenated alkanes) is 1. The van der Waals surface area contributed by atoms with Crippen LogP contribution < -0.4 is 14.8 Å². The van der Waals surface area contributed by atoms with Gasteiger partial charge in [-0.2, -0.15) is 0 Å². The van der Waals surface area contributed by atoms with Gasteiger partial charge in [-0.3, -0.25) is 4.79 Å². The molecule has 0 saturated carbocycles. The number of aryl methyl sites for hydroxylation is 1. The second-order valence-electron chi connectivity index (χ2n) is 6.70. The summed E-state index contributed by atoms with van der Waals surface area (Å²) in [4.78, 5) is 20.0. The second-order valence-corrected chi connectivity index (χ2v) is 6.70. The van der Waals surface area contributed by atoms with E-state index in [0.29, 0.717) is 24.0 Å². The number of ether oxygens (including phenoxy) is 2. The van der Waals surface area contributed by atoms with Crippen LogP contribution in [0, 0.1) is 6.92 Å². The van der Waals surface area contributed by atoms with Gasteiger partial charge in [0.1, 0.15) is 6.54 Å². The average molecular weight is 506 g/mol. The Bertz CT molecular complexity index is 651. The zero-order chi connectivity index (χ0) is 20.4. The summed E-state index contributed by atoms with van der Waals surface area (Å²) in [5.74, 6) is 2.10. The predicted octanol–water partition coefficient (Wildman–Crippen LogP) is 2.90. The molecule has 0 heterocycles. The Morgan fingerprint density at radius 3 is 2.29 bits per heavy atom. The van der Waals surface area contributed by atoms with Crippen molar-refractivity contribution in [2.24, 2.45) is 4.99 Å². The van der Waals surface area contributed by atoms with Crippen LogP contribution in [-0.4, -0.2) is 70.1 Å².